The number of para-hydroxylation sites is 1. The minimum absolute atomic E-state index is 0.110. The molecule has 3 heterocycles. The fourth-order valence-electron chi connectivity index (χ4n) is 4.92. The average Bonchev–Trinajstić information content (AvgIpc) is 3.22. The lowest BCUT2D eigenvalue weighted by atomic mass is 9.91. The van der Waals surface area contributed by atoms with E-state index in [9.17, 15) is 9.59 Å². The number of aromatic nitrogens is 1. The van der Waals surface area contributed by atoms with Gasteiger partial charge in [0.2, 0.25) is 11.8 Å². The van der Waals surface area contributed by atoms with Gasteiger partial charge in [0, 0.05) is 55.7 Å². The molecule has 1 atom stereocenters. The largest absolute Gasteiger partial charge is 0.496 e. The number of ether oxygens (including phenoxy) is 1. The van der Waals surface area contributed by atoms with Crippen LogP contribution in [0.5, 0.6) is 5.75 Å². The van der Waals surface area contributed by atoms with Crippen LogP contribution in [0, 0.1) is 6.92 Å². The molecule has 2 aliphatic heterocycles. The minimum atomic E-state index is 0.110. The van der Waals surface area contributed by atoms with Gasteiger partial charge in [-0.3, -0.25) is 14.6 Å². The molecule has 1 aromatic heterocycles. The standard InChI is InChI=1S/C26H33N3O3/c1-18-15-19(16-21-5-3-4-6-24(21)32-2)17-23(27-18)20-11-13-29(14-12-20)26(31)10-8-22-7-9-25(30)28-22/h3-6,15,17,20,22H,7-14,16H2,1-2H3,(H,28,30)/t22-/m1/s1. The number of carbonyl (C=O) groups excluding carboxylic acids is 2. The summed E-state index contributed by atoms with van der Waals surface area (Å²) in [5.41, 5.74) is 4.58. The van der Waals surface area contributed by atoms with Crippen molar-refractivity contribution in [3.63, 3.8) is 0 Å². The second-order valence-electron chi connectivity index (χ2n) is 9.03. The number of likely N-dealkylation sites (tertiary alicyclic amines) is 1. The van der Waals surface area contributed by atoms with Crippen LogP contribution in [0.1, 0.15) is 67.0 Å². The number of carbonyl (C=O) groups is 2. The van der Waals surface area contributed by atoms with Crippen molar-refractivity contribution in [2.75, 3.05) is 20.2 Å². The molecule has 0 saturated carbocycles. The van der Waals surface area contributed by atoms with Gasteiger partial charge in [0.15, 0.2) is 0 Å². The van der Waals surface area contributed by atoms with Gasteiger partial charge < -0.3 is 15.0 Å². The number of hydrogen-bond donors (Lipinski definition) is 1. The van der Waals surface area contributed by atoms with E-state index < -0.39 is 0 Å². The van der Waals surface area contributed by atoms with E-state index >= 15 is 0 Å². The Morgan fingerprint density at radius 3 is 2.69 bits per heavy atom. The van der Waals surface area contributed by atoms with E-state index in [0.717, 1.165) is 62.3 Å². The van der Waals surface area contributed by atoms with E-state index in [4.69, 9.17) is 9.72 Å². The highest BCUT2D eigenvalue weighted by Crippen LogP contribution is 2.29. The molecule has 0 spiro atoms. The van der Waals surface area contributed by atoms with Crippen LogP contribution in [0.15, 0.2) is 36.4 Å². The van der Waals surface area contributed by atoms with Crippen molar-refractivity contribution < 1.29 is 14.3 Å². The van der Waals surface area contributed by atoms with Crippen LogP contribution in [0.3, 0.4) is 0 Å². The molecule has 2 aromatic rings. The molecule has 0 aliphatic carbocycles. The number of piperidine rings is 1. The highest BCUT2D eigenvalue weighted by Gasteiger charge is 2.27. The number of nitrogens with zero attached hydrogens (tertiary/aromatic N) is 2. The monoisotopic (exact) mass is 435 g/mol. The number of aryl methyl sites for hydroxylation is 1. The summed E-state index contributed by atoms with van der Waals surface area (Å²) in [7, 11) is 1.71. The molecule has 32 heavy (non-hydrogen) atoms. The molecule has 0 radical (unpaired) electrons. The van der Waals surface area contributed by atoms with E-state index in [1.165, 1.54) is 11.1 Å². The molecule has 1 aromatic carbocycles. The Morgan fingerprint density at radius 1 is 1.19 bits per heavy atom. The number of amides is 2. The normalized spacial score (nSPS) is 19.1. The molecule has 2 fully saturated rings. The van der Waals surface area contributed by atoms with E-state index in [0.29, 0.717) is 18.8 Å². The summed E-state index contributed by atoms with van der Waals surface area (Å²) in [6.45, 7) is 3.60. The fraction of sp³-hybridized carbons (Fsp3) is 0.500. The Morgan fingerprint density at radius 2 is 1.97 bits per heavy atom. The first-order chi connectivity index (χ1) is 15.5. The predicted octanol–water partition coefficient (Wildman–Crippen LogP) is 3.75. The van der Waals surface area contributed by atoms with Crippen molar-refractivity contribution in [1.82, 2.24) is 15.2 Å². The summed E-state index contributed by atoms with van der Waals surface area (Å²) < 4.78 is 5.51. The zero-order chi connectivity index (χ0) is 22.5. The Hall–Kier alpha value is -2.89. The summed E-state index contributed by atoms with van der Waals surface area (Å²) in [4.78, 5) is 30.8. The SMILES string of the molecule is COc1ccccc1Cc1cc(C)nc(C2CCN(C(=O)CC[C@H]3CCC(=O)N3)CC2)c1. The van der Waals surface area contributed by atoms with Crippen molar-refractivity contribution >= 4 is 11.8 Å². The molecule has 2 saturated heterocycles. The Bertz CT molecular complexity index is 967. The lowest BCUT2D eigenvalue weighted by Crippen LogP contribution is -2.38. The maximum absolute atomic E-state index is 12.6. The Kier molecular flexibility index (Phi) is 7.08. The Labute approximate surface area is 190 Å². The smallest absolute Gasteiger partial charge is 0.222 e. The van der Waals surface area contributed by atoms with Crippen LogP contribution in [-0.2, 0) is 16.0 Å². The zero-order valence-corrected chi connectivity index (χ0v) is 19.1. The van der Waals surface area contributed by atoms with Crippen LogP contribution in [0.2, 0.25) is 0 Å². The lowest BCUT2D eigenvalue weighted by molar-refractivity contribution is -0.132. The van der Waals surface area contributed by atoms with Gasteiger partial charge >= 0.3 is 0 Å². The number of rotatable bonds is 7. The van der Waals surface area contributed by atoms with Gasteiger partial charge in [0.1, 0.15) is 5.75 Å². The summed E-state index contributed by atoms with van der Waals surface area (Å²) in [6.07, 6.45) is 5.40. The first-order valence-corrected chi connectivity index (χ1v) is 11.7. The molecular formula is C26H33N3O3. The van der Waals surface area contributed by atoms with Gasteiger partial charge in [0.25, 0.3) is 0 Å². The molecule has 0 bridgehead atoms. The van der Waals surface area contributed by atoms with Crippen LogP contribution in [0.25, 0.3) is 0 Å². The summed E-state index contributed by atoms with van der Waals surface area (Å²) in [5.74, 6) is 1.61. The molecule has 2 aliphatic rings. The van der Waals surface area contributed by atoms with Crippen LogP contribution >= 0.6 is 0 Å². The van der Waals surface area contributed by atoms with E-state index in [2.05, 4.69) is 30.4 Å². The predicted molar refractivity (Wildman–Crippen MR) is 124 cm³/mol. The van der Waals surface area contributed by atoms with Crippen LogP contribution < -0.4 is 10.1 Å². The summed E-state index contributed by atoms with van der Waals surface area (Å²) >= 11 is 0. The third kappa shape index (κ3) is 5.47. The maximum atomic E-state index is 12.6. The summed E-state index contributed by atoms with van der Waals surface area (Å²) in [5, 5.41) is 2.95. The average molecular weight is 436 g/mol. The van der Waals surface area contributed by atoms with Crippen LogP contribution in [-0.4, -0.2) is 47.9 Å². The highest BCUT2D eigenvalue weighted by atomic mass is 16.5. The van der Waals surface area contributed by atoms with Gasteiger partial charge in [-0.1, -0.05) is 18.2 Å². The van der Waals surface area contributed by atoms with Crippen molar-refractivity contribution in [1.29, 1.82) is 0 Å². The van der Waals surface area contributed by atoms with Crippen molar-refractivity contribution in [2.45, 2.75) is 63.8 Å². The van der Waals surface area contributed by atoms with Gasteiger partial charge in [-0.05, 0) is 61.9 Å². The molecule has 6 nitrogen and oxygen atoms in total. The molecule has 2 amide bonds. The Balaban J connectivity index is 1.34. The minimum Gasteiger partial charge on any atom is -0.496 e. The number of hydrogen-bond acceptors (Lipinski definition) is 4. The fourth-order valence-corrected chi connectivity index (χ4v) is 4.92. The van der Waals surface area contributed by atoms with E-state index in [-0.39, 0.29) is 17.9 Å². The molecule has 170 valence electrons. The van der Waals surface area contributed by atoms with Crippen molar-refractivity contribution in [3.05, 3.63) is 58.9 Å². The van der Waals surface area contributed by atoms with Gasteiger partial charge in [-0.25, -0.2) is 0 Å². The van der Waals surface area contributed by atoms with Gasteiger partial charge in [-0.15, -0.1) is 0 Å². The van der Waals surface area contributed by atoms with E-state index in [1.54, 1.807) is 7.11 Å². The number of pyridine rings is 1. The first-order valence-electron chi connectivity index (χ1n) is 11.7. The third-order valence-electron chi connectivity index (χ3n) is 6.68. The molecule has 4 rings (SSSR count). The first kappa shape index (κ1) is 22.3. The number of benzene rings is 1. The van der Waals surface area contributed by atoms with Crippen molar-refractivity contribution in [2.24, 2.45) is 0 Å². The highest BCUT2D eigenvalue weighted by molar-refractivity contribution is 5.79. The molecule has 6 heteroatoms. The molecular weight excluding hydrogens is 402 g/mol. The van der Waals surface area contributed by atoms with Crippen LogP contribution in [0.4, 0.5) is 0 Å². The van der Waals surface area contributed by atoms with Gasteiger partial charge in [-0.2, -0.15) is 0 Å². The van der Waals surface area contributed by atoms with Crippen molar-refractivity contribution in [3.8, 4) is 5.75 Å². The second kappa shape index (κ2) is 10.2. The third-order valence-corrected chi connectivity index (χ3v) is 6.68. The lowest BCUT2D eigenvalue weighted by Gasteiger charge is -2.32. The zero-order valence-electron chi connectivity index (χ0n) is 19.1. The summed E-state index contributed by atoms with van der Waals surface area (Å²) in [6, 6.07) is 12.7. The topological polar surface area (TPSA) is 71.5 Å². The second-order valence-corrected chi connectivity index (χ2v) is 9.03. The van der Waals surface area contributed by atoms with E-state index in [1.807, 2.05) is 23.1 Å². The quantitative estimate of drug-likeness (QED) is 0.719. The van der Waals surface area contributed by atoms with Gasteiger partial charge in [0.05, 0.1) is 7.11 Å². The molecule has 1 N–H and O–H groups in total. The maximum Gasteiger partial charge on any atom is 0.222 e. The molecule has 0 unspecified atom stereocenters. The number of nitrogens with one attached hydrogen (secondary N) is 1. The number of methoxy groups -OCH3 is 1.